The zero-order chi connectivity index (χ0) is 19.0. The molecule has 0 aliphatic heterocycles. The van der Waals surface area contributed by atoms with E-state index in [9.17, 15) is 9.59 Å². The van der Waals surface area contributed by atoms with E-state index in [4.69, 9.17) is 21.1 Å². The van der Waals surface area contributed by atoms with Crippen molar-refractivity contribution in [3.8, 4) is 11.5 Å². The van der Waals surface area contributed by atoms with Crippen LogP contribution in [0, 0.1) is 6.92 Å². The highest BCUT2D eigenvalue weighted by molar-refractivity contribution is 7.20. The number of hydrogen-bond donors (Lipinski definition) is 1. The highest BCUT2D eigenvalue weighted by Gasteiger charge is 2.21. The number of halogens is 1. The van der Waals surface area contributed by atoms with E-state index in [0.717, 1.165) is 0 Å². The minimum absolute atomic E-state index is 0.187. The summed E-state index contributed by atoms with van der Waals surface area (Å²) in [5.41, 5.74) is 0.820. The van der Waals surface area contributed by atoms with Crippen LogP contribution < -0.4 is 20.3 Å². The van der Waals surface area contributed by atoms with Crippen molar-refractivity contribution in [2.45, 2.75) is 6.92 Å². The Morgan fingerprint density at radius 3 is 2.62 bits per heavy atom. The van der Waals surface area contributed by atoms with Crippen LogP contribution in [0.25, 0.3) is 10.2 Å². The maximum atomic E-state index is 12.8. The van der Waals surface area contributed by atoms with Crippen LogP contribution in [-0.4, -0.2) is 29.7 Å². The van der Waals surface area contributed by atoms with Crippen molar-refractivity contribution < 1.29 is 14.3 Å². The SMILES string of the molecule is COc1cc(NC(=O)c2sc3ncn(C)c(=O)c3c2C)c(OC)cc1Cl. The predicted octanol–water partition coefficient (Wildman–Crippen LogP) is 3.23. The second kappa shape index (κ2) is 6.97. The molecule has 7 nitrogen and oxygen atoms in total. The van der Waals surface area contributed by atoms with Crippen LogP contribution in [0.2, 0.25) is 5.02 Å². The number of anilines is 1. The average Bonchev–Trinajstić information content (AvgIpc) is 2.96. The van der Waals surface area contributed by atoms with E-state index in [0.29, 0.717) is 42.9 Å². The number of carbonyl (C=O) groups excluding carboxylic acids is 1. The van der Waals surface area contributed by atoms with Gasteiger partial charge in [-0.1, -0.05) is 11.6 Å². The van der Waals surface area contributed by atoms with Crippen LogP contribution in [0.5, 0.6) is 11.5 Å². The molecule has 0 atom stereocenters. The third-order valence-electron chi connectivity index (χ3n) is 3.94. The number of fused-ring (bicyclic) bond motifs is 1. The van der Waals surface area contributed by atoms with E-state index >= 15 is 0 Å². The van der Waals surface area contributed by atoms with Crippen LogP contribution in [0.15, 0.2) is 23.3 Å². The molecule has 0 saturated carbocycles. The third-order valence-corrected chi connectivity index (χ3v) is 5.43. The molecular formula is C17H16ClN3O4S. The van der Waals surface area contributed by atoms with Gasteiger partial charge in [-0.25, -0.2) is 4.98 Å². The summed E-state index contributed by atoms with van der Waals surface area (Å²) in [5, 5.41) is 3.61. The highest BCUT2D eigenvalue weighted by Crippen LogP contribution is 2.36. The molecule has 0 bridgehead atoms. The zero-order valence-electron chi connectivity index (χ0n) is 14.5. The van der Waals surface area contributed by atoms with E-state index in [2.05, 4.69) is 10.3 Å². The van der Waals surface area contributed by atoms with Gasteiger partial charge in [0.15, 0.2) is 0 Å². The summed E-state index contributed by atoms with van der Waals surface area (Å²) in [7, 11) is 4.58. The number of carbonyl (C=O) groups is 1. The molecule has 0 unspecified atom stereocenters. The van der Waals surface area contributed by atoms with Crippen molar-refractivity contribution in [3.63, 3.8) is 0 Å². The number of benzene rings is 1. The number of aryl methyl sites for hydroxylation is 2. The topological polar surface area (TPSA) is 82.5 Å². The molecule has 1 amide bonds. The van der Waals surface area contributed by atoms with Gasteiger partial charge in [0.2, 0.25) is 0 Å². The normalized spacial score (nSPS) is 10.8. The van der Waals surface area contributed by atoms with Gasteiger partial charge >= 0.3 is 0 Å². The summed E-state index contributed by atoms with van der Waals surface area (Å²) in [6.07, 6.45) is 1.44. The maximum absolute atomic E-state index is 12.8. The van der Waals surface area contributed by atoms with E-state index < -0.39 is 0 Å². The van der Waals surface area contributed by atoms with E-state index in [1.54, 1.807) is 26.1 Å². The van der Waals surface area contributed by atoms with Gasteiger partial charge in [0.25, 0.3) is 11.5 Å². The van der Waals surface area contributed by atoms with Gasteiger partial charge in [0.1, 0.15) is 16.3 Å². The monoisotopic (exact) mass is 393 g/mol. The van der Waals surface area contributed by atoms with Gasteiger partial charge in [-0.05, 0) is 12.5 Å². The number of hydrogen-bond acceptors (Lipinski definition) is 6. The zero-order valence-corrected chi connectivity index (χ0v) is 16.1. The molecule has 0 radical (unpaired) electrons. The summed E-state index contributed by atoms with van der Waals surface area (Å²) >= 11 is 7.25. The fourth-order valence-electron chi connectivity index (χ4n) is 2.56. The number of ether oxygens (including phenoxy) is 2. The number of amides is 1. The van der Waals surface area contributed by atoms with Crippen molar-refractivity contribution in [2.24, 2.45) is 7.05 Å². The predicted molar refractivity (Wildman–Crippen MR) is 102 cm³/mol. The Balaban J connectivity index is 2.04. The number of aromatic nitrogens is 2. The van der Waals surface area contributed by atoms with Gasteiger partial charge < -0.3 is 19.4 Å². The minimum atomic E-state index is -0.366. The highest BCUT2D eigenvalue weighted by atomic mass is 35.5. The smallest absolute Gasteiger partial charge is 0.266 e. The number of rotatable bonds is 4. The van der Waals surface area contributed by atoms with Crippen LogP contribution in [0.1, 0.15) is 15.2 Å². The number of methoxy groups -OCH3 is 2. The van der Waals surface area contributed by atoms with Gasteiger partial charge in [-0.15, -0.1) is 11.3 Å². The fourth-order valence-corrected chi connectivity index (χ4v) is 3.83. The maximum Gasteiger partial charge on any atom is 0.266 e. The Morgan fingerprint density at radius 1 is 1.27 bits per heavy atom. The molecule has 0 fully saturated rings. The van der Waals surface area contributed by atoms with Crippen LogP contribution in [0.4, 0.5) is 5.69 Å². The molecule has 0 aliphatic carbocycles. The van der Waals surface area contributed by atoms with Gasteiger partial charge in [-0.2, -0.15) is 0 Å². The van der Waals surface area contributed by atoms with Crippen LogP contribution >= 0.6 is 22.9 Å². The molecule has 1 aromatic carbocycles. The quantitative estimate of drug-likeness (QED) is 0.735. The Kier molecular flexibility index (Phi) is 4.88. The standard InChI is InChI=1S/C17H16ClN3O4S/c1-8-13-16(19-7-21(2)17(13)23)26-14(8)15(22)20-10-6-11(24-3)9(18)5-12(10)25-4/h5-7H,1-4H3,(H,20,22). The van der Waals surface area contributed by atoms with Gasteiger partial charge in [-0.3, -0.25) is 9.59 Å². The molecule has 2 aromatic heterocycles. The van der Waals surface area contributed by atoms with Gasteiger partial charge in [0, 0.05) is 19.2 Å². The lowest BCUT2D eigenvalue weighted by Gasteiger charge is -2.13. The lowest BCUT2D eigenvalue weighted by Crippen LogP contribution is -2.17. The van der Waals surface area contributed by atoms with Crippen molar-refractivity contribution in [1.29, 1.82) is 0 Å². The first-order valence-electron chi connectivity index (χ1n) is 7.55. The van der Waals surface area contributed by atoms with Crippen molar-refractivity contribution in [3.05, 3.63) is 44.3 Å². The molecule has 0 spiro atoms. The molecule has 2 heterocycles. The lowest BCUT2D eigenvalue weighted by molar-refractivity contribution is 0.102. The number of nitrogens with zero attached hydrogens (tertiary/aromatic N) is 2. The molecule has 0 aliphatic rings. The molecule has 136 valence electrons. The van der Waals surface area contributed by atoms with Crippen molar-refractivity contribution in [2.75, 3.05) is 19.5 Å². The lowest BCUT2D eigenvalue weighted by atomic mass is 10.2. The largest absolute Gasteiger partial charge is 0.495 e. The molecule has 26 heavy (non-hydrogen) atoms. The average molecular weight is 394 g/mol. The van der Waals surface area contributed by atoms with E-state index in [1.165, 1.54) is 36.5 Å². The Morgan fingerprint density at radius 2 is 1.96 bits per heavy atom. The Hall–Kier alpha value is -2.58. The van der Waals surface area contributed by atoms with Crippen LogP contribution in [-0.2, 0) is 7.05 Å². The Labute approximate surface area is 158 Å². The summed E-state index contributed by atoms with van der Waals surface area (Å²) in [5.74, 6) is 0.443. The summed E-state index contributed by atoms with van der Waals surface area (Å²) in [4.78, 5) is 30.3. The molecule has 0 saturated heterocycles. The molecule has 3 rings (SSSR count). The van der Waals surface area contributed by atoms with E-state index in [-0.39, 0.29) is 11.5 Å². The minimum Gasteiger partial charge on any atom is -0.495 e. The van der Waals surface area contributed by atoms with Gasteiger partial charge in [0.05, 0.1) is 41.5 Å². The second-order valence-electron chi connectivity index (χ2n) is 5.54. The first-order valence-corrected chi connectivity index (χ1v) is 8.74. The summed E-state index contributed by atoms with van der Waals surface area (Å²) in [6, 6.07) is 3.14. The third kappa shape index (κ3) is 3.02. The number of thiophene rings is 1. The fraction of sp³-hybridized carbons (Fsp3) is 0.235. The summed E-state index contributed by atoms with van der Waals surface area (Å²) in [6.45, 7) is 1.73. The molecular weight excluding hydrogens is 378 g/mol. The van der Waals surface area contributed by atoms with E-state index in [1.807, 2.05) is 0 Å². The van der Waals surface area contributed by atoms with Crippen molar-refractivity contribution >= 4 is 44.7 Å². The molecule has 3 aromatic rings. The first kappa shape index (κ1) is 18.2. The Bertz CT molecular complexity index is 1070. The molecule has 9 heteroatoms. The van der Waals surface area contributed by atoms with Crippen LogP contribution in [0.3, 0.4) is 0 Å². The second-order valence-corrected chi connectivity index (χ2v) is 6.94. The summed E-state index contributed by atoms with van der Waals surface area (Å²) < 4.78 is 11.8. The molecule has 1 N–H and O–H groups in total. The first-order chi connectivity index (χ1) is 12.4. The van der Waals surface area contributed by atoms with Crippen molar-refractivity contribution in [1.82, 2.24) is 9.55 Å². The number of nitrogens with one attached hydrogen (secondary N) is 1.